The van der Waals surface area contributed by atoms with Gasteiger partial charge in [0.1, 0.15) is 0 Å². The van der Waals surface area contributed by atoms with E-state index in [4.69, 9.17) is 0 Å². The smallest absolute Gasteiger partial charge is 0.0537 e. The number of fused-ring (bicyclic) bond motifs is 1. The molecule has 0 radical (unpaired) electrons. The van der Waals surface area contributed by atoms with Crippen molar-refractivity contribution in [2.24, 2.45) is 0 Å². The molecule has 0 amide bonds. The quantitative estimate of drug-likeness (QED) is 0.473. The van der Waals surface area contributed by atoms with E-state index in [2.05, 4.69) is 15.5 Å². The van der Waals surface area contributed by atoms with Crippen LogP contribution >= 0.6 is 22.7 Å². The minimum absolute atomic E-state index is 0. The Morgan fingerprint density at radius 3 is 3.22 bits per heavy atom. The molecule has 0 unspecified atom stereocenters. The summed E-state index contributed by atoms with van der Waals surface area (Å²) >= 11 is 3.12. The monoisotopic (exact) mass is 197 g/mol. The molecule has 0 aliphatic heterocycles. The molecule has 0 saturated heterocycles. The van der Waals surface area contributed by atoms with Gasteiger partial charge in [0.25, 0.3) is 0 Å². The topological polar surface area (TPSA) is 25.8 Å². The Kier molecular flexibility index (Phi) is 2.18. The van der Waals surface area contributed by atoms with Crippen molar-refractivity contribution in [2.45, 2.75) is 0 Å². The SMILES string of the molecule is [Fe].[c-]1nc2ncsc2s1. The molecule has 2 nitrogen and oxygen atoms in total. The maximum absolute atomic E-state index is 3.97. The molecule has 2 rings (SSSR count). The Morgan fingerprint density at radius 1 is 1.56 bits per heavy atom. The summed E-state index contributed by atoms with van der Waals surface area (Å²) in [6.45, 7) is 0. The third-order valence-corrected chi connectivity index (χ3v) is 2.50. The summed E-state index contributed by atoms with van der Waals surface area (Å²) in [6, 6.07) is 0. The summed E-state index contributed by atoms with van der Waals surface area (Å²) in [4.78, 5) is 7.84. The van der Waals surface area contributed by atoms with Gasteiger partial charge in [-0.3, -0.25) is 11.3 Å². The van der Waals surface area contributed by atoms with Crippen LogP contribution in [0.15, 0.2) is 5.51 Å². The average molecular weight is 197 g/mol. The van der Waals surface area contributed by atoms with E-state index in [1.54, 1.807) is 16.8 Å². The summed E-state index contributed by atoms with van der Waals surface area (Å²) < 4.78 is 1.16. The molecule has 0 bridgehead atoms. The summed E-state index contributed by atoms with van der Waals surface area (Å²) in [5.74, 6) is 0. The fourth-order valence-electron chi connectivity index (χ4n) is 0.481. The van der Waals surface area contributed by atoms with Gasteiger partial charge in [-0.15, -0.1) is 0 Å². The normalized spacial score (nSPS) is 9.33. The Labute approximate surface area is 70.4 Å². The first-order valence-electron chi connectivity index (χ1n) is 2.03. The van der Waals surface area contributed by atoms with Crippen LogP contribution < -0.4 is 0 Å². The van der Waals surface area contributed by atoms with Crippen LogP contribution in [0.25, 0.3) is 9.66 Å². The minimum atomic E-state index is 0. The fourth-order valence-corrected chi connectivity index (χ4v) is 1.77. The van der Waals surface area contributed by atoms with E-state index in [1.807, 2.05) is 0 Å². The minimum Gasteiger partial charge on any atom is -0.366 e. The Balaban J connectivity index is 0.000000405. The molecule has 5 heteroatoms. The van der Waals surface area contributed by atoms with Gasteiger partial charge in [0.2, 0.25) is 0 Å². The third kappa shape index (κ3) is 1.14. The molecular formula is C4HFeN2S2-. The maximum atomic E-state index is 3.97. The zero-order chi connectivity index (χ0) is 5.40. The average Bonchev–Trinajstić information content (AvgIpc) is 2.15. The first-order valence-corrected chi connectivity index (χ1v) is 3.72. The van der Waals surface area contributed by atoms with Gasteiger partial charge in [-0.25, -0.2) is 0 Å². The first kappa shape index (κ1) is 7.15. The van der Waals surface area contributed by atoms with Crippen LogP contribution in [0.3, 0.4) is 0 Å². The second-order valence-corrected chi connectivity index (χ2v) is 3.18. The van der Waals surface area contributed by atoms with E-state index in [-0.39, 0.29) is 17.1 Å². The molecule has 0 atom stereocenters. The van der Waals surface area contributed by atoms with E-state index < -0.39 is 0 Å². The Bertz CT molecular complexity index is 238. The van der Waals surface area contributed by atoms with Crippen molar-refractivity contribution >= 4 is 32.3 Å². The number of thiazole rings is 2. The zero-order valence-corrected chi connectivity index (χ0v) is 6.88. The largest absolute Gasteiger partial charge is 0.366 e. The molecule has 0 aliphatic carbocycles. The summed E-state index contributed by atoms with van der Waals surface area (Å²) in [5, 5.41) is 0. The molecule has 0 aliphatic rings. The van der Waals surface area contributed by atoms with Crippen molar-refractivity contribution in [3.8, 4) is 0 Å². The summed E-state index contributed by atoms with van der Waals surface area (Å²) in [6.07, 6.45) is 0. The van der Waals surface area contributed by atoms with Gasteiger partial charge in [0.15, 0.2) is 0 Å². The molecule has 2 aromatic heterocycles. The van der Waals surface area contributed by atoms with Crippen LogP contribution in [0, 0.1) is 5.51 Å². The van der Waals surface area contributed by atoms with Crippen molar-refractivity contribution < 1.29 is 17.1 Å². The van der Waals surface area contributed by atoms with Crippen LogP contribution in [0.1, 0.15) is 0 Å². The first-order chi connectivity index (χ1) is 3.97. The van der Waals surface area contributed by atoms with Gasteiger partial charge < -0.3 is 9.97 Å². The van der Waals surface area contributed by atoms with Gasteiger partial charge in [-0.05, 0) is 9.52 Å². The Morgan fingerprint density at radius 2 is 2.44 bits per heavy atom. The molecule has 2 heterocycles. The molecule has 9 heavy (non-hydrogen) atoms. The van der Waals surface area contributed by atoms with Crippen LogP contribution in [0.5, 0.6) is 0 Å². The van der Waals surface area contributed by atoms with Crippen molar-refractivity contribution in [1.82, 2.24) is 9.97 Å². The van der Waals surface area contributed by atoms with Crippen molar-refractivity contribution in [2.75, 3.05) is 0 Å². The molecule has 0 aromatic carbocycles. The van der Waals surface area contributed by atoms with Gasteiger partial charge in [0.05, 0.1) is 5.51 Å². The zero-order valence-electron chi connectivity index (χ0n) is 4.14. The number of aromatic nitrogens is 2. The number of hydrogen-bond donors (Lipinski definition) is 0. The molecule has 2 aromatic rings. The summed E-state index contributed by atoms with van der Waals surface area (Å²) in [7, 11) is 0. The van der Waals surface area contributed by atoms with E-state index in [0.717, 1.165) is 9.66 Å². The Hall–Kier alpha value is 0.0395. The molecular weight excluding hydrogens is 196 g/mol. The van der Waals surface area contributed by atoms with Gasteiger partial charge in [-0.2, -0.15) is 11.3 Å². The van der Waals surface area contributed by atoms with Crippen LogP contribution in [0.2, 0.25) is 0 Å². The van der Waals surface area contributed by atoms with Gasteiger partial charge in [-0.1, -0.05) is 0 Å². The van der Waals surface area contributed by atoms with Gasteiger partial charge in [0, 0.05) is 22.7 Å². The summed E-state index contributed by atoms with van der Waals surface area (Å²) in [5.41, 5.74) is 5.38. The van der Waals surface area contributed by atoms with E-state index in [9.17, 15) is 0 Å². The molecule has 0 spiro atoms. The van der Waals surface area contributed by atoms with Crippen molar-refractivity contribution in [3.05, 3.63) is 11.0 Å². The second kappa shape index (κ2) is 2.75. The molecule has 0 N–H and O–H groups in total. The number of hydrogen-bond acceptors (Lipinski definition) is 4. The second-order valence-electron chi connectivity index (χ2n) is 1.27. The third-order valence-electron chi connectivity index (χ3n) is 0.807. The number of rotatable bonds is 0. The molecule has 48 valence electrons. The standard InChI is InChI=1S/C4HN2S2.Fe/c1-5-3-4(7-1)8-2-6-3;/h1H;/q-1;. The molecule has 0 saturated carbocycles. The van der Waals surface area contributed by atoms with E-state index in [0.29, 0.717) is 0 Å². The maximum Gasteiger partial charge on any atom is 0.0537 e. The molecule has 0 fully saturated rings. The van der Waals surface area contributed by atoms with Crippen LogP contribution in [-0.4, -0.2) is 9.97 Å². The van der Waals surface area contributed by atoms with Gasteiger partial charge >= 0.3 is 0 Å². The van der Waals surface area contributed by atoms with Crippen molar-refractivity contribution in [3.63, 3.8) is 0 Å². The van der Waals surface area contributed by atoms with E-state index in [1.165, 1.54) is 11.3 Å². The van der Waals surface area contributed by atoms with Crippen LogP contribution in [0.4, 0.5) is 0 Å². The van der Waals surface area contributed by atoms with E-state index >= 15 is 0 Å². The predicted molar refractivity (Wildman–Crippen MR) is 34.1 cm³/mol. The predicted octanol–water partition coefficient (Wildman–Crippen LogP) is 1.55. The number of nitrogens with zero attached hydrogens (tertiary/aromatic N) is 2. The van der Waals surface area contributed by atoms with Crippen molar-refractivity contribution in [1.29, 1.82) is 0 Å². The van der Waals surface area contributed by atoms with Crippen LogP contribution in [-0.2, 0) is 17.1 Å². The fraction of sp³-hybridized carbons (Fsp3) is 0.